The van der Waals surface area contributed by atoms with Crippen LogP contribution in [0.2, 0.25) is 0 Å². The molecular weight excluding hydrogens is 252 g/mol. The minimum Gasteiger partial charge on any atom is -0.507 e. The number of para-hydroxylation sites is 1. The maximum atomic E-state index is 10.2. The molecule has 2 aliphatic heterocycles. The second-order valence-corrected chi connectivity index (χ2v) is 5.87. The highest BCUT2D eigenvalue weighted by Gasteiger charge is 2.39. The summed E-state index contributed by atoms with van der Waals surface area (Å²) >= 11 is 0. The second kappa shape index (κ2) is 6.27. The summed E-state index contributed by atoms with van der Waals surface area (Å²) < 4.78 is 0. The molecule has 0 saturated carbocycles. The summed E-state index contributed by atoms with van der Waals surface area (Å²) in [5, 5.41) is 10.2. The van der Waals surface area contributed by atoms with Crippen LogP contribution < -0.4 is 5.73 Å². The number of fused-ring (bicyclic) bond motifs is 2. The highest BCUT2D eigenvalue weighted by molar-refractivity contribution is 5.42. The first kappa shape index (κ1) is 14.9. The Bertz CT molecular complexity index is 462. The van der Waals surface area contributed by atoms with E-state index in [2.05, 4.69) is 29.8 Å². The van der Waals surface area contributed by atoms with Crippen LogP contribution in [0.1, 0.15) is 42.7 Å². The number of rotatable bonds is 1. The number of hydrogen-bond acceptors (Lipinski definition) is 3. The highest BCUT2D eigenvalue weighted by Crippen LogP contribution is 2.44. The molecule has 1 amide bonds. The van der Waals surface area contributed by atoms with E-state index in [-0.39, 0.29) is 6.41 Å². The Morgan fingerprint density at radius 2 is 1.85 bits per heavy atom. The SMILES string of the molecule is Cc1cccc(C2CC3CCC(C2)N3C)c1O.NC=O. The molecular formula is C16H24N2O2. The summed E-state index contributed by atoms with van der Waals surface area (Å²) in [5.74, 6) is 1.09. The molecule has 3 rings (SSSR count). The van der Waals surface area contributed by atoms with E-state index in [9.17, 15) is 5.11 Å². The van der Waals surface area contributed by atoms with Gasteiger partial charge in [0.25, 0.3) is 0 Å². The van der Waals surface area contributed by atoms with Crippen LogP contribution >= 0.6 is 0 Å². The van der Waals surface area contributed by atoms with Crippen molar-refractivity contribution >= 4 is 6.41 Å². The molecule has 0 aliphatic carbocycles. The van der Waals surface area contributed by atoms with Gasteiger partial charge in [0, 0.05) is 12.1 Å². The fourth-order valence-electron chi connectivity index (χ4n) is 3.68. The number of nitrogens with zero attached hydrogens (tertiary/aromatic N) is 1. The van der Waals surface area contributed by atoms with Crippen molar-refractivity contribution in [3.8, 4) is 5.75 Å². The third-order valence-electron chi connectivity index (χ3n) is 4.81. The molecule has 20 heavy (non-hydrogen) atoms. The van der Waals surface area contributed by atoms with Gasteiger partial charge in [0.2, 0.25) is 6.41 Å². The number of nitrogens with two attached hydrogens (primary N) is 1. The fraction of sp³-hybridized carbons (Fsp3) is 0.562. The van der Waals surface area contributed by atoms with E-state index < -0.39 is 0 Å². The summed E-state index contributed by atoms with van der Waals surface area (Å²) in [7, 11) is 2.26. The number of phenolic OH excluding ortho intramolecular Hbond substituents is 1. The van der Waals surface area contributed by atoms with Crippen LogP contribution in [-0.4, -0.2) is 35.5 Å². The minimum atomic E-state index is 0.250. The van der Waals surface area contributed by atoms with E-state index in [1.54, 1.807) is 0 Å². The van der Waals surface area contributed by atoms with Crippen molar-refractivity contribution in [2.45, 2.75) is 50.6 Å². The van der Waals surface area contributed by atoms with Gasteiger partial charge in [-0.15, -0.1) is 0 Å². The summed E-state index contributed by atoms with van der Waals surface area (Å²) in [4.78, 5) is 11.1. The molecule has 0 aromatic heterocycles. The Balaban J connectivity index is 0.000000452. The molecule has 110 valence electrons. The van der Waals surface area contributed by atoms with Gasteiger partial charge >= 0.3 is 0 Å². The lowest BCUT2D eigenvalue weighted by Crippen LogP contribution is -2.39. The Morgan fingerprint density at radius 3 is 2.40 bits per heavy atom. The number of amides is 1. The van der Waals surface area contributed by atoms with Crippen molar-refractivity contribution in [3.63, 3.8) is 0 Å². The maximum absolute atomic E-state index is 10.2. The summed E-state index contributed by atoms with van der Waals surface area (Å²) in [5.41, 5.74) is 6.35. The average molecular weight is 276 g/mol. The molecule has 1 aromatic carbocycles. The van der Waals surface area contributed by atoms with Crippen LogP contribution in [0.25, 0.3) is 0 Å². The standard InChI is InChI=1S/C15H21NO.CH3NO/c1-10-4-3-5-14(15(10)17)11-8-12-6-7-13(9-11)16(12)2;2-1-3/h3-5,11-13,17H,6-9H2,1-2H3;1H,(H2,2,3). The third-order valence-corrected chi connectivity index (χ3v) is 4.81. The molecule has 2 aliphatic rings. The van der Waals surface area contributed by atoms with E-state index in [4.69, 9.17) is 4.79 Å². The van der Waals surface area contributed by atoms with Gasteiger partial charge < -0.3 is 15.7 Å². The summed E-state index contributed by atoms with van der Waals surface area (Å²) in [6.07, 6.45) is 5.35. The number of carbonyl (C=O) groups is 1. The number of primary amides is 1. The van der Waals surface area contributed by atoms with Gasteiger partial charge in [-0.05, 0) is 56.7 Å². The van der Waals surface area contributed by atoms with E-state index in [0.29, 0.717) is 11.7 Å². The van der Waals surface area contributed by atoms with Gasteiger partial charge in [-0.1, -0.05) is 18.2 Å². The highest BCUT2D eigenvalue weighted by atomic mass is 16.3. The number of aromatic hydroxyl groups is 1. The molecule has 4 heteroatoms. The first-order valence-corrected chi connectivity index (χ1v) is 7.24. The quantitative estimate of drug-likeness (QED) is 0.772. The summed E-state index contributed by atoms with van der Waals surface area (Å²) in [6, 6.07) is 7.64. The average Bonchev–Trinajstić information content (AvgIpc) is 2.65. The largest absolute Gasteiger partial charge is 0.507 e. The Labute approximate surface area is 120 Å². The van der Waals surface area contributed by atoms with Crippen LogP contribution in [0.15, 0.2) is 18.2 Å². The smallest absolute Gasteiger partial charge is 0.204 e. The molecule has 0 radical (unpaired) electrons. The van der Waals surface area contributed by atoms with Crippen LogP contribution in [0.4, 0.5) is 0 Å². The van der Waals surface area contributed by atoms with E-state index in [1.807, 2.05) is 13.0 Å². The first-order valence-electron chi connectivity index (χ1n) is 7.24. The third kappa shape index (κ3) is 2.80. The number of carbonyl (C=O) groups excluding carboxylic acids is 1. The zero-order chi connectivity index (χ0) is 14.7. The molecule has 1 aromatic rings. The van der Waals surface area contributed by atoms with Gasteiger partial charge in [-0.25, -0.2) is 0 Å². The zero-order valence-corrected chi connectivity index (χ0v) is 12.2. The first-order chi connectivity index (χ1) is 9.58. The van der Waals surface area contributed by atoms with Crippen molar-refractivity contribution in [2.24, 2.45) is 5.73 Å². The predicted molar refractivity (Wildman–Crippen MR) is 79.6 cm³/mol. The lowest BCUT2D eigenvalue weighted by atomic mass is 9.84. The van der Waals surface area contributed by atoms with Crippen LogP contribution in [0, 0.1) is 6.92 Å². The number of hydrogen-bond donors (Lipinski definition) is 2. The predicted octanol–water partition coefficient (Wildman–Crippen LogP) is 2.14. The van der Waals surface area contributed by atoms with Crippen molar-refractivity contribution < 1.29 is 9.90 Å². The van der Waals surface area contributed by atoms with Crippen LogP contribution in [-0.2, 0) is 4.79 Å². The topological polar surface area (TPSA) is 66.6 Å². The van der Waals surface area contributed by atoms with Gasteiger partial charge in [0.15, 0.2) is 0 Å². The van der Waals surface area contributed by atoms with Crippen molar-refractivity contribution in [1.29, 1.82) is 0 Å². The number of phenols is 1. The molecule has 2 saturated heterocycles. The van der Waals surface area contributed by atoms with Crippen LogP contribution in [0.3, 0.4) is 0 Å². The number of benzene rings is 1. The van der Waals surface area contributed by atoms with Gasteiger partial charge in [0.05, 0.1) is 0 Å². The van der Waals surface area contributed by atoms with Crippen LogP contribution in [0.5, 0.6) is 5.75 Å². The van der Waals surface area contributed by atoms with E-state index >= 15 is 0 Å². The van der Waals surface area contributed by atoms with E-state index in [1.165, 1.54) is 31.2 Å². The molecule has 2 bridgehead atoms. The van der Waals surface area contributed by atoms with Crippen molar-refractivity contribution in [1.82, 2.24) is 4.90 Å². The second-order valence-electron chi connectivity index (χ2n) is 5.87. The molecule has 2 heterocycles. The maximum Gasteiger partial charge on any atom is 0.204 e. The molecule has 4 nitrogen and oxygen atoms in total. The summed E-state index contributed by atoms with van der Waals surface area (Å²) in [6.45, 7) is 1.99. The number of aryl methyl sites for hydroxylation is 1. The molecule has 2 atom stereocenters. The van der Waals surface area contributed by atoms with Gasteiger partial charge in [0.1, 0.15) is 5.75 Å². The van der Waals surface area contributed by atoms with Crippen molar-refractivity contribution in [3.05, 3.63) is 29.3 Å². The fourth-order valence-corrected chi connectivity index (χ4v) is 3.68. The zero-order valence-electron chi connectivity index (χ0n) is 12.2. The molecule has 3 N–H and O–H groups in total. The minimum absolute atomic E-state index is 0.250. The Hall–Kier alpha value is -1.55. The van der Waals surface area contributed by atoms with Gasteiger partial charge in [-0.2, -0.15) is 0 Å². The molecule has 2 unspecified atom stereocenters. The van der Waals surface area contributed by atoms with Gasteiger partial charge in [-0.3, -0.25) is 4.79 Å². The van der Waals surface area contributed by atoms with E-state index in [0.717, 1.165) is 17.6 Å². The number of piperidine rings is 1. The monoisotopic (exact) mass is 276 g/mol. The Morgan fingerprint density at radius 1 is 1.30 bits per heavy atom. The normalized spacial score (nSPS) is 28.6. The molecule has 2 fully saturated rings. The Kier molecular flexibility index (Phi) is 4.65. The molecule has 0 spiro atoms. The lowest BCUT2D eigenvalue weighted by molar-refractivity contribution is -0.106. The lowest BCUT2D eigenvalue weighted by Gasteiger charge is -2.36. The van der Waals surface area contributed by atoms with Crippen molar-refractivity contribution in [2.75, 3.05) is 7.05 Å².